The van der Waals surface area contributed by atoms with Crippen LogP contribution in [0.25, 0.3) is 0 Å². The average molecular weight is 463 g/mol. The minimum Gasteiger partial charge on any atom is -0.497 e. The molecule has 1 aromatic heterocycles. The highest BCUT2D eigenvalue weighted by molar-refractivity contribution is 5.92. The van der Waals surface area contributed by atoms with Gasteiger partial charge >= 0.3 is 0 Å². The fraction of sp³-hybridized carbons (Fsp3) is 0.407. The van der Waals surface area contributed by atoms with Gasteiger partial charge in [0.25, 0.3) is 5.91 Å². The van der Waals surface area contributed by atoms with Crippen LogP contribution in [0.5, 0.6) is 11.5 Å². The molecule has 4 rings (SSSR count). The summed E-state index contributed by atoms with van der Waals surface area (Å²) in [6, 6.07) is 18.0. The fourth-order valence-corrected chi connectivity index (χ4v) is 4.04. The molecule has 0 spiro atoms. The van der Waals surface area contributed by atoms with Gasteiger partial charge in [0, 0.05) is 38.9 Å². The molecule has 2 aromatic carbocycles. The Balaban J connectivity index is 1.26. The molecule has 7 nitrogen and oxygen atoms in total. The van der Waals surface area contributed by atoms with E-state index in [9.17, 15) is 4.79 Å². The molecule has 0 atom stereocenters. The largest absolute Gasteiger partial charge is 0.497 e. The van der Waals surface area contributed by atoms with Gasteiger partial charge in [-0.25, -0.2) is 4.68 Å². The topological polar surface area (TPSA) is 59.8 Å². The molecule has 1 aliphatic heterocycles. The van der Waals surface area contributed by atoms with Crippen LogP contribution in [0, 0.1) is 0 Å². The summed E-state index contributed by atoms with van der Waals surface area (Å²) in [5.41, 5.74) is 3.03. The minimum absolute atomic E-state index is 0.0330. The zero-order chi connectivity index (χ0) is 24.1. The molecule has 3 aromatic rings. The van der Waals surface area contributed by atoms with Crippen molar-refractivity contribution in [1.29, 1.82) is 0 Å². The second kappa shape index (κ2) is 10.3. The number of rotatable bonds is 7. The SMILES string of the molecule is COc1cccc(CN2CCN(C(=O)c3ccn(COc4ccc(C(C)(C)C)cc4)n3)CC2)c1. The molecule has 0 saturated carbocycles. The van der Waals surface area contributed by atoms with Gasteiger partial charge in [0.15, 0.2) is 12.4 Å². The van der Waals surface area contributed by atoms with Crippen molar-refractivity contribution in [2.45, 2.75) is 39.5 Å². The van der Waals surface area contributed by atoms with Crippen LogP contribution in [0.15, 0.2) is 60.8 Å². The molecule has 2 heterocycles. The van der Waals surface area contributed by atoms with Crippen molar-refractivity contribution in [3.8, 4) is 11.5 Å². The molecular formula is C27H34N4O3. The number of aromatic nitrogens is 2. The lowest BCUT2D eigenvalue weighted by Crippen LogP contribution is -2.48. The lowest BCUT2D eigenvalue weighted by atomic mass is 9.87. The normalized spacial score (nSPS) is 14.8. The molecule has 1 aliphatic rings. The highest BCUT2D eigenvalue weighted by atomic mass is 16.5. The number of piperazine rings is 1. The number of methoxy groups -OCH3 is 1. The maximum atomic E-state index is 12.9. The van der Waals surface area contributed by atoms with Crippen LogP contribution in [0.1, 0.15) is 42.4 Å². The van der Waals surface area contributed by atoms with Crippen LogP contribution in [0.3, 0.4) is 0 Å². The molecule has 0 radical (unpaired) electrons. The van der Waals surface area contributed by atoms with Crippen molar-refractivity contribution in [3.05, 3.63) is 77.6 Å². The summed E-state index contributed by atoms with van der Waals surface area (Å²) in [5.74, 6) is 1.62. The number of benzene rings is 2. The Morgan fingerprint density at radius 1 is 0.971 bits per heavy atom. The Morgan fingerprint density at radius 3 is 2.38 bits per heavy atom. The van der Waals surface area contributed by atoms with Gasteiger partial charge in [0.2, 0.25) is 0 Å². The van der Waals surface area contributed by atoms with Crippen LogP contribution >= 0.6 is 0 Å². The first kappa shape index (κ1) is 23.8. The van der Waals surface area contributed by atoms with E-state index in [0.29, 0.717) is 18.8 Å². The summed E-state index contributed by atoms with van der Waals surface area (Å²) in [4.78, 5) is 17.2. The van der Waals surface area contributed by atoms with Gasteiger partial charge in [-0.05, 0) is 46.9 Å². The van der Waals surface area contributed by atoms with E-state index >= 15 is 0 Å². The van der Waals surface area contributed by atoms with E-state index in [4.69, 9.17) is 9.47 Å². The molecule has 7 heteroatoms. The number of nitrogens with zero attached hydrogens (tertiary/aromatic N) is 4. The van der Waals surface area contributed by atoms with Crippen molar-refractivity contribution in [2.24, 2.45) is 0 Å². The van der Waals surface area contributed by atoms with E-state index in [1.165, 1.54) is 11.1 Å². The van der Waals surface area contributed by atoms with Gasteiger partial charge < -0.3 is 14.4 Å². The van der Waals surface area contributed by atoms with E-state index in [-0.39, 0.29) is 18.1 Å². The first-order valence-electron chi connectivity index (χ1n) is 11.7. The third kappa shape index (κ3) is 5.97. The van der Waals surface area contributed by atoms with Crippen LogP contribution in [0.4, 0.5) is 0 Å². The van der Waals surface area contributed by atoms with Gasteiger partial charge in [-0.3, -0.25) is 9.69 Å². The fourth-order valence-electron chi connectivity index (χ4n) is 4.04. The second-order valence-corrected chi connectivity index (χ2v) is 9.71. The van der Waals surface area contributed by atoms with E-state index in [1.807, 2.05) is 29.2 Å². The molecule has 1 fully saturated rings. The predicted octanol–water partition coefficient (Wildman–Crippen LogP) is 4.18. The predicted molar refractivity (Wildman–Crippen MR) is 132 cm³/mol. The zero-order valence-corrected chi connectivity index (χ0v) is 20.5. The monoisotopic (exact) mass is 462 g/mol. The van der Waals surface area contributed by atoms with Gasteiger partial charge in [0.1, 0.15) is 11.5 Å². The molecule has 1 saturated heterocycles. The molecule has 1 amide bonds. The Kier molecular flexibility index (Phi) is 7.22. The molecule has 0 N–H and O–H groups in total. The molecule has 34 heavy (non-hydrogen) atoms. The standard InChI is InChI=1S/C27H34N4O3/c1-27(2,3)22-8-10-23(11-9-22)34-20-31-13-12-25(28-31)26(32)30-16-14-29(15-17-30)19-21-6-5-7-24(18-21)33-4/h5-13,18H,14-17,19-20H2,1-4H3. The highest BCUT2D eigenvalue weighted by Gasteiger charge is 2.24. The van der Waals surface area contributed by atoms with Crippen molar-refractivity contribution >= 4 is 5.91 Å². The average Bonchev–Trinajstić information content (AvgIpc) is 3.32. The summed E-state index contributed by atoms with van der Waals surface area (Å²) < 4.78 is 12.8. The third-order valence-electron chi connectivity index (χ3n) is 6.14. The van der Waals surface area contributed by atoms with Gasteiger partial charge in [0.05, 0.1) is 7.11 Å². The first-order valence-corrected chi connectivity index (χ1v) is 11.7. The molecule has 180 valence electrons. The summed E-state index contributed by atoms with van der Waals surface area (Å²) in [5, 5.41) is 4.44. The number of amides is 1. The van der Waals surface area contributed by atoms with Crippen LogP contribution in [0.2, 0.25) is 0 Å². The van der Waals surface area contributed by atoms with Crippen LogP contribution < -0.4 is 9.47 Å². The van der Waals surface area contributed by atoms with Crippen molar-refractivity contribution in [3.63, 3.8) is 0 Å². The summed E-state index contributed by atoms with van der Waals surface area (Å²) in [6.45, 7) is 10.7. The zero-order valence-electron chi connectivity index (χ0n) is 20.5. The Labute approximate surface area is 201 Å². The van der Waals surface area contributed by atoms with Gasteiger partial charge in [-0.2, -0.15) is 5.10 Å². The summed E-state index contributed by atoms with van der Waals surface area (Å²) in [6.07, 6.45) is 1.79. The first-order chi connectivity index (χ1) is 16.3. The Morgan fingerprint density at radius 2 is 1.71 bits per heavy atom. The van der Waals surface area contributed by atoms with E-state index in [1.54, 1.807) is 24.1 Å². The summed E-state index contributed by atoms with van der Waals surface area (Å²) in [7, 11) is 1.68. The number of hydrogen-bond donors (Lipinski definition) is 0. The summed E-state index contributed by atoms with van der Waals surface area (Å²) >= 11 is 0. The number of ether oxygens (including phenoxy) is 2. The molecular weight excluding hydrogens is 428 g/mol. The number of carbonyl (C=O) groups excluding carboxylic acids is 1. The van der Waals surface area contributed by atoms with Crippen molar-refractivity contribution in [2.75, 3.05) is 33.3 Å². The van der Waals surface area contributed by atoms with Gasteiger partial charge in [-0.1, -0.05) is 45.0 Å². The van der Waals surface area contributed by atoms with Crippen LogP contribution in [-0.2, 0) is 18.7 Å². The highest BCUT2D eigenvalue weighted by Crippen LogP contribution is 2.24. The number of carbonyl (C=O) groups is 1. The third-order valence-corrected chi connectivity index (χ3v) is 6.14. The second-order valence-electron chi connectivity index (χ2n) is 9.71. The maximum absolute atomic E-state index is 12.9. The Bertz CT molecular complexity index is 1090. The molecule has 0 aliphatic carbocycles. The maximum Gasteiger partial charge on any atom is 0.274 e. The van der Waals surface area contributed by atoms with E-state index < -0.39 is 0 Å². The lowest BCUT2D eigenvalue weighted by Gasteiger charge is -2.34. The van der Waals surface area contributed by atoms with Crippen LogP contribution in [-0.4, -0.2) is 58.8 Å². The van der Waals surface area contributed by atoms with Crippen molar-refractivity contribution < 1.29 is 14.3 Å². The number of hydrogen-bond acceptors (Lipinski definition) is 5. The van der Waals surface area contributed by atoms with E-state index in [0.717, 1.165) is 31.1 Å². The van der Waals surface area contributed by atoms with E-state index in [2.05, 4.69) is 55.0 Å². The smallest absolute Gasteiger partial charge is 0.274 e. The minimum atomic E-state index is -0.0330. The lowest BCUT2D eigenvalue weighted by molar-refractivity contribution is 0.0621. The Hall–Kier alpha value is -3.32. The molecule has 0 unspecified atom stereocenters. The van der Waals surface area contributed by atoms with Gasteiger partial charge in [-0.15, -0.1) is 0 Å². The van der Waals surface area contributed by atoms with Crippen molar-refractivity contribution in [1.82, 2.24) is 19.6 Å². The quantitative estimate of drug-likeness (QED) is 0.527. The molecule has 0 bridgehead atoms.